The van der Waals surface area contributed by atoms with Gasteiger partial charge in [-0.05, 0) is 64.1 Å². The van der Waals surface area contributed by atoms with Crippen molar-refractivity contribution >= 4 is 41.6 Å². The number of furan rings is 1. The first kappa shape index (κ1) is 24.1. The van der Waals surface area contributed by atoms with Crippen molar-refractivity contribution in [2.24, 2.45) is 10.8 Å². The predicted molar refractivity (Wildman–Crippen MR) is 119 cm³/mol. The molecule has 0 radical (unpaired) electrons. The molecule has 0 aliphatic carbocycles. The number of hydrogen-bond acceptors (Lipinski definition) is 8. The Morgan fingerprint density at radius 1 is 1.12 bits per heavy atom. The fourth-order valence-corrected chi connectivity index (χ4v) is 2.93. The van der Waals surface area contributed by atoms with E-state index in [0.717, 1.165) is 17.5 Å². The molecule has 33 heavy (non-hydrogen) atoms. The molecule has 1 aliphatic rings. The van der Waals surface area contributed by atoms with E-state index in [1.807, 2.05) is 0 Å². The molecule has 1 aromatic carbocycles. The SMILES string of the molecule is CC(C)(C)OC(=O)C(C)(N)C(=O)N1C(=O)CN(N=Cc2ccc(-c3ccc(Cl)cc3)o2)C1=O. The van der Waals surface area contributed by atoms with Gasteiger partial charge in [0.25, 0.3) is 11.8 Å². The fraction of sp³-hybridized carbons (Fsp3) is 0.318. The third kappa shape index (κ3) is 5.29. The summed E-state index contributed by atoms with van der Waals surface area (Å²) in [5.74, 6) is -2.28. The molecule has 10 nitrogen and oxygen atoms in total. The number of hydrogen-bond donors (Lipinski definition) is 1. The van der Waals surface area contributed by atoms with Crippen LogP contribution >= 0.6 is 11.6 Å². The van der Waals surface area contributed by atoms with Crippen LogP contribution in [-0.4, -0.2) is 57.6 Å². The minimum absolute atomic E-state index is 0.294. The number of urea groups is 1. The summed E-state index contributed by atoms with van der Waals surface area (Å²) < 4.78 is 10.8. The van der Waals surface area contributed by atoms with Crippen LogP contribution in [0, 0.1) is 0 Å². The third-order valence-corrected chi connectivity index (χ3v) is 4.75. The fourth-order valence-electron chi connectivity index (χ4n) is 2.80. The number of imide groups is 3. The number of nitrogens with two attached hydrogens (primary N) is 1. The van der Waals surface area contributed by atoms with Gasteiger partial charge in [0.05, 0.1) is 6.21 Å². The Morgan fingerprint density at radius 2 is 1.76 bits per heavy atom. The summed E-state index contributed by atoms with van der Waals surface area (Å²) in [5.41, 5.74) is 3.47. The number of hydrazone groups is 1. The second-order valence-electron chi connectivity index (χ2n) is 8.53. The van der Waals surface area contributed by atoms with Crippen LogP contribution < -0.4 is 5.73 Å². The average molecular weight is 475 g/mol. The van der Waals surface area contributed by atoms with Crippen molar-refractivity contribution in [3.63, 3.8) is 0 Å². The van der Waals surface area contributed by atoms with Crippen molar-refractivity contribution in [1.82, 2.24) is 9.91 Å². The lowest BCUT2D eigenvalue weighted by molar-refractivity contribution is -0.165. The Balaban J connectivity index is 1.72. The number of carbonyl (C=O) groups is 4. The van der Waals surface area contributed by atoms with Crippen molar-refractivity contribution in [1.29, 1.82) is 0 Å². The zero-order chi connectivity index (χ0) is 24.6. The number of esters is 1. The summed E-state index contributed by atoms with van der Waals surface area (Å²) in [6.07, 6.45) is 1.23. The summed E-state index contributed by atoms with van der Waals surface area (Å²) in [7, 11) is 0. The maximum atomic E-state index is 12.8. The highest BCUT2D eigenvalue weighted by Crippen LogP contribution is 2.24. The summed E-state index contributed by atoms with van der Waals surface area (Å²) >= 11 is 5.88. The number of ether oxygens (including phenoxy) is 1. The van der Waals surface area contributed by atoms with Gasteiger partial charge in [0.2, 0.25) is 0 Å². The lowest BCUT2D eigenvalue weighted by Gasteiger charge is -2.28. The summed E-state index contributed by atoms with van der Waals surface area (Å²) in [6.45, 7) is 5.37. The molecular formula is C22H23ClN4O6. The molecule has 0 spiro atoms. The normalized spacial score (nSPS) is 16.4. The molecule has 0 saturated carbocycles. The Hall–Kier alpha value is -3.50. The van der Waals surface area contributed by atoms with Gasteiger partial charge in [-0.2, -0.15) is 10.0 Å². The number of nitrogens with zero attached hydrogens (tertiary/aromatic N) is 3. The summed E-state index contributed by atoms with van der Waals surface area (Å²) in [4.78, 5) is 50.4. The average Bonchev–Trinajstić information content (AvgIpc) is 3.29. The molecule has 2 aromatic rings. The quantitative estimate of drug-likeness (QED) is 0.304. The van der Waals surface area contributed by atoms with E-state index in [1.54, 1.807) is 57.2 Å². The minimum Gasteiger partial charge on any atom is -0.458 e. The maximum absolute atomic E-state index is 12.8. The van der Waals surface area contributed by atoms with E-state index in [9.17, 15) is 19.2 Å². The molecule has 1 aromatic heterocycles. The monoisotopic (exact) mass is 474 g/mol. The number of halogens is 1. The molecule has 0 bridgehead atoms. The first-order chi connectivity index (χ1) is 15.3. The molecule has 1 aliphatic heterocycles. The highest BCUT2D eigenvalue weighted by Gasteiger charge is 2.51. The van der Waals surface area contributed by atoms with Crippen molar-refractivity contribution in [2.45, 2.75) is 38.8 Å². The highest BCUT2D eigenvalue weighted by atomic mass is 35.5. The summed E-state index contributed by atoms with van der Waals surface area (Å²) in [5, 5.41) is 5.30. The van der Waals surface area contributed by atoms with E-state index in [0.29, 0.717) is 21.4 Å². The lowest BCUT2D eigenvalue weighted by Crippen LogP contribution is -2.61. The van der Waals surface area contributed by atoms with E-state index in [4.69, 9.17) is 26.5 Å². The smallest absolute Gasteiger partial charge is 0.354 e. The minimum atomic E-state index is -2.24. The van der Waals surface area contributed by atoms with Crippen molar-refractivity contribution < 1.29 is 28.3 Å². The Morgan fingerprint density at radius 3 is 2.36 bits per heavy atom. The molecule has 1 saturated heterocycles. The molecule has 1 fully saturated rings. The van der Waals surface area contributed by atoms with Gasteiger partial charge < -0.3 is 14.9 Å². The van der Waals surface area contributed by atoms with Crippen LogP contribution in [0.2, 0.25) is 5.02 Å². The van der Waals surface area contributed by atoms with E-state index < -0.39 is 41.5 Å². The topological polar surface area (TPSA) is 136 Å². The van der Waals surface area contributed by atoms with Gasteiger partial charge in [0.1, 0.15) is 23.7 Å². The first-order valence-corrected chi connectivity index (χ1v) is 10.3. The van der Waals surface area contributed by atoms with E-state index in [2.05, 4.69) is 5.10 Å². The number of benzene rings is 1. The molecule has 11 heteroatoms. The zero-order valence-electron chi connectivity index (χ0n) is 18.5. The van der Waals surface area contributed by atoms with E-state index in [1.165, 1.54) is 6.21 Å². The predicted octanol–water partition coefficient (Wildman–Crippen LogP) is 2.78. The van der Waals surface area contributed by atoms with Crippen LogP contribution in [0.4, 0.5) is 4.79 Å². The van der Waals surface area contributed by atoms with Crippen molar-refractivity contribution in [3.8, 4) is 11.3 Å². The Kier molecular flexibility index (Phi) is 6.44. The summed E-state index contributed by atoms with van der Waals surface area (Å²) in [6, 6.07) is 9.29. The molecule has 174 valence electrons. The maximum Gasteiger partial charge on any atom is 0.354 e. The largest absolute Gasteiger partial charge is 0.458 e. The molecule has 2 N–H and O–H groups in total. The Bertz CT molecular complexity index is 1130. The number of rotatable bonds is 5. The van der Waals surface area contributed by atoms with Crippen LogP contribution in [-0.2, 0) is 19.1 Å². The van der Waals surface area contributed by atoms with Crippen molar-refractivity contribution in [3.05, 3.63) is 47.2 Å². The lowest BCUT2D eigenvalue weighted by atomic mass is 10.0. The van der Waals surface area contributed by atoms with Gasteiger partial charge in [0.15, 0.2) is 5.54 Å². The van der Waals surface area contributed by atoms with Crippen molar-refractivity contribution in [2.75, 3.05) is 6.54 Å². The molecule has 3 rings (SSSR count). The second-order valence-corrected chi connectivity index (χ2v) is 8.97. The molecular weight excluding hydrogens is 452 g/mol. The Labute approximate surface area is 194 Å². The number of carbonyl (C=O) groups excluding carboxylic acids is 4. The molecule has 1 unspecified atom stereocenters. The second kappa shape index (κ2) is 8.80. The van der Waals surface area contributed by atoms with Gasteiger partial charge in [-0.1, -0.05) is 11.6 Å². The van der Waals surface area contributed by atoms with Gasteiger partial charge >= 0.3 is 12.0 Å². The van der Waals surface area contributed by atoms with Gasteiger partial charge in [-0.3, -0.25) is 9.59 Å². The standard InChI is InChI=1S/C22H23ClN4O6/c1-21(2,3)33-19(30)22(4,24)18(29)27-17(28)12-26(20(27)31)25-11-15-9-10-16(32-15)13-5-7-14(23)8-6-13/h5-11H,12,24H2,1-4H3. The first-order valence-electron chi connectivity index (χ1n) is 9.90. The number of amides is 4. The van der Waals surface area contributed by atoms with E-state index >= 15 is 0 Å². The van der Waals surface area contributed by atoms with Gasteiger partial charge in [-0.15, -0.1) is 0 Å². The molecule has 2 heterocycles. The van der Waals surface area contributed by atoms with Gasteiger partial charge in [-0.25, -0.2) is 14.6 Å². The van der Waals surface area contributed by atoms with Crippen LogP contribution in [0.15, 0.2) is 45.9 Å². The van der Waals surface area contributed by atoms with E-state index in [-0.39, 0.29) is 0 Å². The van der Waals surface area contributed by atoms with Crippen LogP contribution in [0.25, 0.3) is 11.3 Å². The third-order valence-electron chi connectivity index (χ3n) is 4.50. The van der Waals surface area contributed by atoms with Crippen LogP contribution in [0.5, 0.6) is 0 Å². The molecule has 1 atom stereocenters. The highest BCUT2D eigenvalue weighted by molar-refractivity contribution is 6.30. The van der Waals surface area contributed by atoms with Gasteiger partial charge in [0, 0.05) is 10.6 Å². The van der Waals surface area contributed by atoms with Crippen LogP contribution in [0.1, 0.15) is 33.5 Å². The van der Waals surface area contributed by atoms with Crippen LogP contribution in [0.3, 0.4) is 0 Å². The molecule has 4 amide bonds. The zero-order valence-corrected chi connectivity index (χ0v) is 19.3.